The van der Waals surface area contributed by atoms with Gasteiger partial charge in [0, 0.05) is 18.5 Å². The van der Waals surface area contributed by atoms with Gasteiger partial charge in [0.15, 0.2) is 11.4 Å². The lowest BCUT2D eigenvalue weighted by molar-refractivity contribution is -0.148. The van der Waals surface area contributed by atoms with Crippen LogP contribution in [0.3, 0.4) is 0 Å². The van der Waals surface area contributed by atoms with Gasteiger partial charge in [-0.3, -0.25) is 9.69 Å². The van der Waals surface area contributed by atoms with Crippen molar-refractivity contribution in [3.05, 3.63) is 35.7 Å². The van der Waals surface area contributed by atoms with Crippen LogP contribution in [0, 0.1) is 0 Å². The van der Waals surface area contributed by atoms with Crippen LogP contribution in [0.5, 0.6) is 0 Å². The van der Waals surface area contributed by atoms with Crippen molar-refractivity contribution in [1.82, 2.24) is 20.4 Å². The van der Waals surface area contributed by atoms with Crippen molar-refractivity contribution in [2.45, 2.75) is 32.3 Å². The highest BCUT2D eigenvalue weighted by atomic mass is 16.5. The van der Waals surface area contributed by atoms with Crippen LogP contribution in [0.25, 0.3) is 11.5 Å². The predicted octanol–water partition coefficient (Wildman–Crippen LogP) is 1.14. The Labute approximate surface area is 144 Å². The number of imide groups is 1. The highest BCUT2D eigenvalue weighted by molar-refractivity contribution is 6.01. The molecule has 25 heavy (non-hydrogen) atoms. The first-order valence-electron chi connectivity index (χ1n) is 8.15. The van der Waals surface area contributed by atoms with Crippen LogP contribution in [0.15, 0.2) is 28.8 Å². The molecule has 1 aromatic carbocycles. The summed E-state index contributed by atoms with van der Waals surface area (Å²) < 4.78 is 5.19. The summed E-state index contributed by atoms with van der Waals surface area (Å²) in [6.07, 6.45) is 1.19. The molecule has 1 atom stereocenters. The molecule has 0 bridgehead atoms. The number of aromatic nitrogens is 2. The lowest BCUT2D eigenvalue weighted by Gasteiger charge is -2.35. The number of rotatable bonds is 5. The molecule has 8 nitrogen and oxygen atoms in total. The second kappa shape index (κ2) is 6.64. The largest absolute Gasteiger partial charge is 0.378 e. The molecule has 0 radical (unpaired) electrons. The molecule has 0 saturated carbocycles. The van der Waals surface area contributed by atoms with Crippen molar-refractivity contribution in [2.75, 3.05) is 13.1 Å². The lowest BCUT2D eigenvalue weighted by atomic mass is 10.0. The molecule has 1 aromatic heterocycles. The molecule has 0 aliphatic carbocycles. The Bertz CT molecular complexity index is 782. The molecule has 1 fully saturated rings. The Kier molecular flexibility index (Phi) is 4.54. The van der Waals surface area contributed by atoms with E-state index in [1.807, 2.05) is 31.2 Å². The maximum absolute atomic E-state index is 12.1. The molecule has 0 spiro atoms. The Morgan fingerprint density at radius 3 is 2.68 bits per heavy atom. The molecule has 3 rings (SSSR count). The number of carbonyl (C=O) groups excluding carboxylic acids is 2. The average molecular weight is 344 g/mol. The maximum atomic E-state index is 12.1. The Morgan fingerprint density at radius 2 is 2.04 bits per heavy atom. The van der Waals surface area contributed by atoms with Crippen LogP contribution < -0.4 is 5.32 Å². The number of aryl methyl sites for hydroxylation is 1. The molecule has 1 aliphatic rings. The van der Waals surface area contributed by atoms with Crippen molar-refractivity contribution in [1.29, 1.82) is 0 Å². The van der Waals surface area contributed by atoms with Crippen LogP contribution in [0.4, 0.5) is 4.79 Å². The first-order valence-corrected chi connectivity index (χ1v) is 8.15. The first-order chi connectivity index (χ1) is 11.9. The van der Waals surface area contributed by atoms with E-state index in [1.165, 1.54) is 6.92 Å². The van der Waals surface area contributed by atoms with E-state index in [9.17, 15) is 14.7 Å². The zero-order chi connectivity index (χ0) is 18.0. The fourth-order valence-electron chi connectivity index (χ4n) is 2.57. The summed E-state index contributed by atoms with van der Waals surface area (Å²) in [5, 5.41) is 16.4. The monoisotopic (exact) mass is 344 g/mol. The van der Waals surface area contributed by atoms with E-state index in [-0.39, 0.29) is 13.1 Å². The van der Waals surface area contributed by atoms with Gasteiger partial charge in [-0.05, 0) is 31.0 Å². The molecular weight excluding hydrogens is 324 g/mol. The van der Waals surface area contributed by atoms with Gasteiger partial charge in [-0.25, -0.2) is 4.79 Å². The minimum Gasteiger partial charge on any atom is -0.378 e. The fourth-order valence-corrected chi connectivity index (χ4v) is 2.57. The van der Waals surface area contributed by atoms with Gasteiger partial charge in [0.05, 0.1) is 6.54 Å². The molecule has 2 aromatic rings. The van der Waals surface area contributed by atoms with Gasteiger partial charge in [-0.15, -0.1) is 0 Å². The van der Waals surface area contributed by atoms with E-state index >= 15 is 0 Å². The standard InChI is InChI=1S/C17H20N4O4/c1-3-13-19-14(25-20-13)12-6-4-11(5-7-12)8-9-21-15(22)17(2,24)10-18-16(21)23/h4-7,24H,3,8-10H2,1-2H3,(H,18,23). The van der Waals surface area contributed by atoms with E-state index < -0.39 is 17.5 Å². The van der Waals surface area contributed by atoms with Crippen LogP contribution in [-0.4, -0.2) is 50.8 Å². The van der Waals surface area contributed by atoms with Crippen molar-refractivity contribution in [3.8, 4) is 11.5 Å². The fraction of sp³-hybridized carbons (Fsp3) is 0.412. The number of β-amino-alcohol motifs (C(OH)–C–C–N with tert-alkyl or cyclic N) is 1. The topological polar surface area (TPSA) is 109 Å². The van der Waals surface area contributed by atoms with Crippen LogP contribution in [-0.2, 0) is 17.6 Å². The number of nitrogens with zero attached hydrogens (tertiary/aromatic N) is 3. The number of urea groups is 1. The minimum atomic E-state index is -1.56. The quantitative estimate of drug-likeness (QED) is 0.842. The van der Waals surface area contributed by atoms with Gasteiger partial charge in [0.25, 0.3) is 11.8 Å². The number of carbonyl (C=O) groups is 2. The number of amides is 3. The molecule has 8 heteroatoms. The lowest BCUT2D eigenvalue weighted by Crippen LogP contribution is -2.63. The Balaban J connectivity index is 1.65. The highest BCUT2D eigenvalue weighted by Crippen LogP contribution is 2.19. The molecule has 2 N–H and O–H groups in total. The summed E-state index contributed by atoms with van der Waals surface area (Å²) in [5.41, 5.74) is 0.197. The maximum Gasteiger partial charge on any atom is 0.324 e. The average Bonchev–Trinajstić information content (AvgIpc) is 3.08. The van der Waals surface area contributed by atoms with Gasteiger partial charge in [-0.1, -0.05) is 24.2 Å². The van der Waals surface area contributed by atoms with Gasteiger partial charge < -0.3 is 14.9 Å². The van der Waals surface area contributed by atoms with Crippen molar-refractivity contribution < 1.29 is 19.2 Å². The van der Waals surface area contributed by atoms with Gasteiger partial charge in [0.2, 0.25) is 0 Å². The van der Waals surface area contributed by atoms with E-state index in [4.69, 9.17) is 4.52 Å². The predicted molar refractivity (Wildman–Crippen MR) is 88.6 cm³/mol. The van der Waals surface area contributed by atoms with Crippen molar-refractivity contribution in [2.24, 2.45) is 0 Å². The highest BCUT2D eigenvalue weighted by Gasteiger charge is 2.41. The van der Waals surface area contributed by atoms with Gasteiger partial charge >= 0.3 is 6.03 Å². The molecular formula is C17H20N4O4. The molecule has 1 aliphatic heterocycles. The summed E-state index contributed by atoms with van der Waals surface area (Å²) in [5.74, 6) is 0.539. The van der Waals surface area contributed by atoms with Crippen LogP contribution in [0.2, 0.25) is 0 Å². The van der Waals surface area contributed by atoms with E-state index in [1.54, 1.807) is 0 Å². The Hall–Kier alpha value is -2.74. The third-order valence-electron chi connectivity index (χ3n) is 4.14. The van der Waals surface area contributed by atoms with Gasteiger partial charge in [-0.2, -0.15) is 4.98 Å². The number of benzene rings is 1. The van der Waals surface area contributed by atoms with Gasteiger partial charge in [0.1, 0.15) is 0 Å². The zero-order valence-electron chi connectivity index (χ0n) is 14.2. The summed E-state index contributed by atoms with van der Waals surface area (Å²) in [6.45, 7) is 3.47. The minimum absolute atomic E-state index is 0.0696. The Morgan fingerprint density at radius 1 is 1.32 bits per heavy atom. The second-order valence-corrected chi connectivity index (χ2v) is 6.21. The molecule has 1 unspecified atom stereocenters. The number of nitrogens with one attached hydrogen (secondary N) is 1. The summed E-state index contributed by atoms with van der Waals surface area (Å²) in [7, 11) is 0. The van der Waals surface area contributed by atoms with Crippen molar-refractivity contribution in [3.63, 3.8) is 0 Å². The molecule has 3 amide bonds. The smallest absolute Gasteiger partial charge is 0.324 e. The number of hydrogen-bond donors (Lipinski definition) is 2. The third kappa shape index (κ3) is 3.53. The molecule has 1 saturated heterocycles. The number of aliphatic hydroxyl groups is 1. The SMILES string of the molecule is CCc1noc(-c2ccc(CCN3C(=O)NCC(C)(O)C3=O)cc2)n1. The van der Waals surface area contributed by atoms with Crippen LogP contribution in [0.1, 0.15) is 25.2 Å². The summed E-state index contributed by atoms with van der Waals surface area (Å²) in [4.78, 5) is 29.3. The van der Waals surface area contributed by atoms with Crippen LogP contribution >= 0.6 is 0 Å². The van der Waals surface area contributed by atoms with Crippen molar-refractivity contribution >= 4 is 11.9 Å². The van der Waals surface area contributed by atoms with E-state index in [0.717, 1.165) is 16.0 Å². The third-order valence-corrected chi connectivity index (χ3v) is 4.14. The van der Waals surface area contributed by atoms with E-state index in [2.05, 4.69) is 15.5 Å². The molecule has 2 heterocycles. The van der Waals surface area contributed by atoms with E-state index in [0.29, 0.717) is 24.6 Å². The first kappa shape index (κ1) is 17.1. The number of hydrogen-bond acceptors (Lipinski definition) is 6. The molecule has 132 valence electrons. The normalized spacial score (nSPS) is 20.7. The zero-order valence-corrected chi connectivity index (χ0v) is 14.2. The second-order valence-electron chi connectivity index (χ2n) is 6.21. The summed E-state index contributed by atoms with van der Waals surface area (Å²) >= 11 is 0. The summed E-state index contributed by atoms with van der Waals surface area (Å²) in [6, 6.07) is 7.00.